The normalized spacial score (nSPS) is 11.5. The minimum Gasteiger partial charge on any atom is -0.494 e. The van der Waals surface area contributed by atoms with E-state index in [9.17, 15) is 0 Å². The van der Waals surface area contributed by atoms with E-state index in [1.54, 1.807) is 7.05 Å². The lowest BCUT2D eigenvalue weighted by molar-refractivity contribution is 0.0487. The van der Waals surface area contributed by atoms with Crippen LogP contribution in [0.15, 0.2) is 23.2 Å². The van der Waals surface area contributed by atoms with E-state index in [2.05, 4.69) is 47.7 Å². The molecule has 0 radical (unpaired) electrons. The van der Waals surface area contributed by atoms with E-state index >= 15 is 0 Å². The van der Waals surface area contributed by atoms with E-state index in [1.807, 2.05) is 6.92 Å². The smallest absolute Gasteiger partial charge is 0.191 e. The highest BCUT2D eigenvalue weighted by Crippen LogP contribution is 2.20. The van der Waals surface area contributed by atoms with Crippen LogP contribution in [-0.4, -0.2) is 52.6 Å². The maximum Gasteiger partial charge on any atom is 0.191 e. The fourth-order valence-electron chi connectivity index (χ4n) is 2.31. The highest BCUT2D eigenvalue weighted by molar-refractivity contribution is 5.79. The highest BCUT2D eigenvalue weighted by atomic mass is 16.5. The van der Waals surface area contributed by atoms with Crippen molar-refractivity contribution in [2.75, 3.05) is 46.6 Å². The number of unbranched alkanes of at least 4 members (excludes halogenated alkanes) is 1. The SMILES string of the molecule is CCCCOCCOCCNC(=NC)NCc1ccc(C)cc1OCC. The van der Waals surface area contributed by atoms with Crippen LogP contribution in [0.2, 0.25) is 0 Å². The second-order valence-electron chi connectivity index (χ2n) is 5.98. The first kappa shape index (κ1) is 22.3. The summed E-state index contributed by atoms with van der Waals surface area (Å²) in [5, 5.41) is 6.55. The van der Waals surface area contributed by atoms with E-state index in [0.717, 1.165) is 36.7 Å². The van der Waals surface area contributed by atoms with Gasteiger partial charge in [0, 0.05) is 32.3 Å². The molecule has 26 heavy (non-hydrogen) atoms. The molecular formula is C20H35N3O3. The fraction of sp³-hybridized carbons (Fsp3) is 0.650. The molecule has 0 spiro atoms. The molecule has 148 valence electrons. The van der Waals surface area contributed by atoms with Crippen molar-refractivity contribution >= 4 is 5.96 Å². The van der Waals surface area contributed by atoms with Crippen LogP contribution in [-0.2, 0) is 16.0 Å². The summed E-state index contributed by atoms with van der Waals surface area (Å²) < 4.78 is 16.7. The molecule has 0 aliphatic carbocycles. The van der Waals surface area contributed by atoms with Crippen LogP contribution in [0.3, 0.4) is 0 Å². The zero-order valence-corrected chi connectivity index (χ0v) is 16.8. The van der Waals surface area contributed by atoms with Crippen LogP contribution in [0.4, 0.5) is 0 Å². The zero-order chi connectivity index (χ0) is 19.0. The van der Waals surface area contributed by atoms with Gasteiger partial charge in [0.2, 0.25) is 0 Å². The highest BCUT2D eigenvalue weighted by Gasteiger charge is 2.05. The molecular weight excluding hydrogens is 330 g/mol. The molecule has 0 atom stereocenters. The molecule has 0 aromatic heterocycles. The van der Waals surface area contributed by atoms with Gasteiger partial charge in [-0.3, -0.25) is 4.99 Å². The monoisotopic (exact) mass is 365 g/mol. The molecule has 0 aliphatic heterocycles. The number of nitrogens with zero attached hydrogens (tertiary/aromatic N) is 1. The number of rotatable bonds is 13. The lowest BCUT2D eigenvalue weighted by Gasteiger charge is -2.15. The van der Waals surface area contributed by atoms with Gasteiger partial charge in [-0.2, -0.15) is 0 Å². The van der Waals surface area contributed by atoms with E-state index < -0.39 is 0 Å². The van der Waals surface area contributed by atoms with E-state index in [4.69, 9.17) is 14.2 Å². The number of aliphatic imine (C=N–C) groups is 1. The maximum atomic E-state index is 5.71. The van der Waals surface area contributed by atoms with Crippen molar-refractivity contribution < 1.29 is 14.2 Å². The lowest BCUT2D eigenvalue weighted by Crippen LogP contribution is -2.38. The number of nitrogens with one attached hydrogen (secondary N) is 2. The van der Waals surface area contributed by atoms with Crippen molar-refractivity contribution in [1.29, 1.82) is 0 Å². The third-order valence-corrected chi connectivity index (χ3v) is 3.75. The molecule has 0 saturated heterocycles. The van der Waals surface area contributed by atoms with Crippen molar-refractivity contribution in [1.82, 2.24) is 10.6 Å². The van der Waals surface area contributed by atoms with E-state index in [1.165, 1.54) is 5.56 Å². The molecule has 0 unspecified atom stereocenters. The largest absolute Gasteiger partial charge is 0.494 e. The number of hydrogen-bond donors (Lipinski definition) is 2. The Morgan fingerprint density at radius 3 is 2.50 bits per heavy atom. The molecule has 0 fully saturated rings. The molecule has 1 aromatic rings. The number of guanidine groups is 1. The summed E-state index contributed by atoms with van der Waals surface area (Å²) in [6.07, 6.45) is 2.26. The fourth-order valence-corrected chi connectivity index (χ4v) is 2.31. The Morgan fingerprint density at radius 1 is 1.04 bits per heavy atom. The molecule has 2 N–H and O–H groups in total. The minimum atomic E-state index is 0.618. The van der Waals surface area contributed by atoms with Gasteiger partial charge < -0.3 is 24.8 Å². The van der Waals surface area contributed by atoms with Crippen LogP contribution in [0.25, 0.3) is 0 Å². The Morgan fingerprint density at radius 2 is 1.81 bits per heavy atom. The van der Waals surface area contributed by atoms with Gasteiger partial charge in [-0.1, -0.05) is 25.5 Å². The predicted octanol–water partition coefficient (Wildman–Crippen LogP) is 2.89. The van der Waals surface area contributed by atoms with Crippen molar-refractivity contribution in [3.05, 3.63) is 29.3 Å². The van der Waals surface area contributed by atoms with Gasteiger partial charge in [-0.15, -0.1) is 0 Å². The van der Waals surface area contributed by atoms with Crippen LogP contribution in [0.1, 0.15) is 37.8 Å². The summed E-state index contributed by atoms with van der Waals surface area (Å²) in [6.45, 7) is 10.9. The number of hydrogen-bond acceptors (Lipinski definition) is 4. The Labute approximate surface area is 158 Å². The molecule has 1 aromatic carbocycles. The molecule has 0 saturated carbocycles. The van der Waals surface area contributed by atoms with Crippen molar-refractivity contribution in [2.24, 2.45) is 4.99 Å². The second-order valence-corrected chi connectivity index (χ2v) is 5.98. The van der Waals surface area contributed by atoms with E-state index in [0.29, 0.717) is 39.5 Å². The van der Waals surface area contributed by atoms with Crippen molar-refractivity contribution in [3.8, 4) is 5.75 Å². The summed E-state index contributed by atoms with van der Waals surface area (Å²) in [5.74, 6) is 1.66. The van der Waals surface area contributed by atoms with Crippen LogP contribution in [0.5, 0.6) is 5.75 Å². The number of ether oxygens (including phenoxy) is 3. The Balaban J connectivity index is 2.23. The van der Waals surface area contributed by atoms with Gasteiger partial charge in [0.25, 0.3) is 0 Å². The summed E-state index contributed by atoms with van der Waals surface area (Å²) in [5.41, 5.74) is 2.30. The summed E-state index contributed by atoms with van der Waals surface area (Å²) in [7, 11) is 1.76. The van der Waals surface area contributed by atoms with Gasteiger partial charge in [-0.05, 0) is 31.9 Å². The average molecular weight is 366 g/mol. The van der Waals surface area contributed by atoms with Crippen LogP contribution >= 0.6 is 0 Å². The first-order chi connectivity index (χ1) is 12.7. The third kappa shape index (κ3) is 9.63. The Kier molecular flexibility index (Phi) is 12.3. The molecule has 0 bridgehead atoms. The summed E-state index contributed by atoms with van der Waals surface area (Å²) in [6, 6.07) is 6.24. The van der Waals surface area contributed by atoms with Crippen molar-refractivity contribution in [2.45, 2.75) is 40.2 Å². The lowest BCUT2D eigenvalue weighted by atomic mass is 10.1. The third-order valence-electron chi connectivity index (χ3n) is 3.75. The zero-order valence-electron chi connectivity index (χ0n) is 16.8. The first-order valence-corrected chi connectivity index (χ1v) is 9.53. The molecule has 0 aliphatic rings. The maximum absolute atomic E-state index is 5.71. The Bertz CT molecular complexity index is 521. The number of benzene rings is 1. The van der Waals surface area contributed by atoms with Gasteiger partial charge in [0.15, 0.2) is 5.96 Å². The first-order valence-electron chi connectivity index (χ1n) is 9.53. The Hall–Kier alpha value is -1.79. The molecule has 0 amide bonds. The van der Waals surface area contributed by atoms with Gasteiger partial charge >= 0.3 is 0 Å². The average Bonchev–Trinajstić information content (AvgIpc) is 2.64. The molecule has 6 nitrogen and oxygen atoms in total. The summed E-state index contributed by atoms with van der Waals surface area (Å²) >= 11 is 0. The van der Waals surface area contributed by atoms with Crippen LogP contribution in [0, 0.1) is 6.92 Å². The minimum absolute atomic E-state index is 0.618. The second kappa shape index (κ2) is 14.4. The molecule has 1 rings (SSSR count). The van der Waals surface area contributed by atoms with Crippen molar-refractivity contribution in [3.63, 3.8) is 0 Å². The standard InChI is InChI=1S/C20H35N3O3/c1-5-7-11-24-13-14-25-12-10-22-20(21-4)23-16-18-9-8-17(3)15-19(18)26-6-2/h8-9,15H,5-7,10-14,16H2,1-4H3,(H2,21,22,23). The topological polar surface area (TPSA) is 64.1 Å². The van der Waals surface area contributed by atoms with Crippen LogP contribution < -0.4 is 15.4 Å². The predicted molar refractivity (Wildman–Crippen MR) is 107 cm³/mol. The van der Waals surface area contributed by atoms with Gasteiger partial charge in [0.1, 0.15) is 5.75 Å². The quantitative estimate of drug-likeness (QED) is 0.320. The summed E-state index contributed by atoms with van der Waals surface area (Å²) in [4.78, 5) is 4.24. The number of aryl methyl sites for hydroxylation is 1. The molecule has 6 heteroatoms. The van der Waals surface area contributed by atoms with Gasteiger partial charge in [0.05, 0.1) is 26.4 Å². The molecule has 0 heterocycles. The van der Waals surface area contributed by atoms with E-state index in [-0.39, 0.29) is 0 Å². The van der Waals surface area contributed by atoms with Gasteiger partial charge in [-0.25, -0.2) is 0 Å².